The highest BCUT2D eigenvalue weighted by Gasteiger charge is 2.43. The zero-order chi connectivity index (χ0) is 46.9. The molecule has 1 aromatic heterocycles. The molecule has 1 aromatic carbocycles. The summed E-state index contributed by atoms with van der Waals surface area (Å²) in [6.45, 7) is 5.62. The van der Waals surface area contributed by atoms with E-state index in [2.05, 4.69) is 16.0 Å². The number of cyclic esters (lactones) is 1. The summed E-state index contributed by atoms with van der Waals surface area (Å²) in [5, 5.41) is 20.2. The van der Waals surface area contributed by atoms with Crippen molar-refractivity contribution < 1.29 is 61.1 Å². The van der Waals surface area contributed by atoms with Gasteiger partial charge >= 0.3 is 16.3 Å². The molecule has 0 radical (unpaired) electrons. The average Bonchev–Trinajstić information content (AvgIpc) is 4.05. The molecule has 5 amide bonds. The molecule has 6 N–H and O–H groups in total. The van der Waals surface area contributed by atoms with Gasteiger partial charge in [0.15, 0.2) is 0 Å². The number of carbonyl (C=O) groups excluding carboxylic acids is 7. The Morgan fingerprint density at radius 2 is 1.75 bits per heavy atom. The Kier molecular flexibility index (Phi) is 16.9. The molecular weight excluding hydrogens is 875 g/mol. The summed E-state index contributed by atoms with van der Waals surface area (Å²) in [6, 6.07) is -1.27. The van der Waals surface area contributed by atoms with E-state index in [1.807, 2.05) is 0 Å². The van der Waals surface area contributed by atoms with Crippen LogP contribution in [-0.2, 0) is 59.8 Å². The molecule has 0 spiro atoms. The molecule has 0 unspecified atom stereocenters. The lowest BCUT2D eigenvalue weighted by atomic mass is 9.94. The Balaban J connectivity index is 1.48. The van der Waals surface area contributed by atoms with E-state index in [-0.39, 0.29) is 43.7 Å². The van der Waals surface area contributed by atoms with E-state index in [0.29, 0.717) is 35.5 Å². The number of methoxy groups -OCH3 is 1. The molecule has 20 nitrogen and oxygen atoms in total. The fraction of sp³-hybridized carbons (Fsp3) is 0.524. The van der Waals surface area contributed by atoms with E-state index < -0.39 is 107 Å². The van der Waals surface area contributed by atoms with Crippen molar-refractivity contribution in [1.29, 1.82) is 0 Å². The van der Waals surface area contributed by atoms with Crippen LogP contribution in [0.5, 0.6) is 5.75 Å². The molecule has 2 fully saturated rings. The predicted octanol–water partition coefficient (Wildman–Crippen LogP) is 1.13. The Morgan fingerprint density at radius 3 is 2.42 bits per heavy atom. The minimum atomic E-state index is -4.86. The average molecular weight is 930 g/mol. The van der Waals surface area contributed by atoms with Gasteiger partial charge in [-0.2, -0.15) is 13.1 Å². The van der Waals surface area contributed by atoms with Crippen molar-refractivity contribution in [2.24, 2.45) is 5.92 Å². The van der Waals surface area contributed by atoms with E-state index >= 15 is 0 Å². The van der Waals surface area contributed by atoms with Crippen molar-refractivity contribution in [1.82, 2.24) is 35.5 Å². The maximum Gasteiger partial charge on any atom is 0.334 e. The van der Waals surface area contributed by atoms with E-state index in [4.69, 9.17) is 14.5 Å². The molecule has 0 aliphatic carbocycles. The number of allylic oxidation sites excluding steroid dienone is 2. The van der Waals surface area contributed by atoms with Gasteiger partial charge in [0.2, 0.25) is 29.4 Å². The van der Waals surface area contributed by atoms with Gasteiger partial charge in [-0.1, -0.05) is 32.4 Å². The van der Waals surface area contributed by atoms with Gasteiger partial charge in [-0.15, -0.1) is 11.3 Å². The van der Waals surface area contributed by atoms with Crippen LogP contribution >= 0.6 is 11.3 Å². The first-order valence-electron chi connectivity index (χ1n) is 20.9. The minimum absolute atomic E-state index is 0.0263. The number of rotatable bonds is 11. The lowest BCUT2D eigenvalue weighted by Gasteiger charge is -2.32. The fourth-order valence-electron chi connectivity index (χ4n) is 7.82. The van der Waals surface area contributed by atoms with Gasteiger partial charge in [0.25, 0.3) is 5.91 Å². The predicted molar refractivity (Wildman–Crippen MR) is 231 cm³/mol. The summed E-state index contributed by atoms with van der Waals surface area (Å²) in [6.07, 6.45) is 4.76. The van der Waals surface area contributed by atoms with Crippen LogP contribution in [0.3, 0.4) is 0 Å². The molecule has 3 aliphatic rings. The maximum absolute atomic E-state index is 14.5. The van der Waals surface area contributed by atoms with Gasteiger partial charge in [-0.3, -0.25) is 33.3 Å². The van der Waals surface area contributed by atoms with E-state index in [1.54, 1.807) is 49.1 Å². The molecule has 0 saturated carbocycles. The number of Topliss-reactive ketones (excluding diaryl/α,β-unsaturated/α-hetero) is 1. The maximum atomic E-state index is 14.5. The smallest absolute Gasteiger partial charge is 0.334 e. The second kappa shape index (κ2) is 21.9. The van der Waals surface area contributed by atoms with Crippen molar-refractivity contribution in [2.45, 2.75) is 102 Å². The van der Waals surface area contributed by atoms with Gasteiger partial charge in [0.05, 0.1) is 24.4 Å². The fourth-order valence-corrected chi connectivity index (χ4v) is 9.17. The third-order valence-corrected chi connectivity index (χ3v) is 12.8. The topological polar surface area (TPSA) is 280 Å². The molecular formula is C42H55N7O13S2. The quantitative estimate of drug-likeness (QED) is 0.105. The first-order chi connectivity index (χ1) is 30.3. The largest absolute Gasteiger partial charge is 0.508 e. The van der Waals surface area contributed by atoms with Crippen molar-refractivity contribution in [3.8, 4) is 5.75 Å². The van der Waals surface area contributed by atoms with Gasteiger partial charge in [-0.05, 0) is 87.3 Å². The summed E-state index contributed by atoms with van der Waals surface area (Å²) < 4.78 is 45.0. The van der Waals surface area contributed by atoms with Crippen LogP contribution in [0.1, 0.15) is 82.1 Å². The van der Waals surface area contributed by atoms with Crippen molar-refractivity contribution in [3.05, 3.63) is 63.1 Å². The summed E-state index contributed by atoms with van der Waals surface area (Å²) in [7, 11) is -3.64. The molecule has 22 heteroatoms. The van der Waals surface area contributed by atoms with E-state index in [9.17, 15) is 51.6 Å². The number of carbonyl (C=O) groups is 7. The Hall–Kier alpha value is -5.55. The number of nitrogens with zero attached hydrogens (tertiary/aromatic N) is 3. The number of fused-ring (bicyclic) bond motifs is 3. The summed E-state index contributed by atoms with van der Waals surface area (Å²) >= 11 is 1.24. The molecule has 2 saturated heterocycles. The first-order valence-corrected chi connectivity index (χ1v) is 23.2. The van der Waals surface area contributed by atoms with Crippen molar-refractivity contribution in [3.63, 3.8) is 0 Å². The zero-order valence-electron chi connectivity index (χ0n) is 36.2. The number of likely N-dealkylation sites (tertiary alicyclic amines) is 1. The van der Waals surface area contributed by atoms with Gasteiger partial charge in [0, 0.05) is 31.2 Å². The van der Waals surface area contributed by atoms with Crippen LogP contribution < -0.4 is 20.7 Å². The standard InChI is InChI=1S/C42H55N7O13S2/c1-6-24(3)34-35(51)38(54)44-29(19-26-11-13-28(50)14-12-26)39-43-27(22-63-39)18-23(2)17-25(4)42(57)62-21-30(40(55)48-15-8-10-33(48)37(53)46-34)45-36(52)32-9-7-16-49(32)41(56)31(20-61-5)47-64(58,59)60/h11-14,17-18,22,24,29-34,47,50H,6-10,15-16,19-21H2,1-5H3,(H,44,54)(H,45,52)(H,46,53)(H,58,59,60)/t24-,29+,30+,31-,32+,33+,34+/m1/s1. The Morgan fingerprint density at radius 1 is 1.05 bits per heavy atom. The third kappa shape index (κ3) is 12.8. The lowest BCUT2D eigenvalue weighted by molar-refractivity contribution is -0.149. The van der Waals surface area contributed by atoms with Crippen molar-refractivity contribution >= 4 is 69.0 Å². The zero-order valence-corrected chi connectivity index (χ0v) is 37.8. The number of hydrogen-bond donors (Lipinski definition) is 6. The Bertz CT molecular complexity index is 2260. The number of phenols is 1. The molecule has 64 heavy (non-hydrogen) atoms. The highest BCUT2D eigenvalue weighted by atomic mass is 32.2. The number of benzene rings is 1. The van der Waals surface area contributed by atoms with Gasteiger partial charge in [-0.25, -0.2) is 9.78 Å². The Labute approximate surface area is 375 Å². The molecule has 3 aliphatic heterocycles. The highest BCUT2D eigenvalue weighted by molar-refractivity contribution is 7.83. The number of aromatic nitrogens is 1. The monoisotopic (exact) mass is 929 g/mol. The van der Waals surface area contributed by atoms with Crippen LogP contribution in [0.4, 0.5) is 0 Å². The number of hydrogen-bond acceptors (Lipinski definition) is 14. The van der Waals surface area contributed by atoms with Crippen LogP contribution in [0, 0.1) is 5.92 Å². The number of thiazole rings is 1. The second-order valence-corrected chi connectivity index (χ2v) is 18.2. The highest BCUT2D eigenvalue weighted by Crippen LogP contribution is 2.27. The summed E-state index contributed by atoms with van der Waals surface area (Å²) in [5.41, 5.74) is 1.92. The summed E-state index contributed by atoms with van der Waals surface area (Å²) in [4.78, 5) is 104. The van der Waals surface area contributed by atoms with Gasteiger partial charge < -0.3 is 40.3 Å². The summed E-state index contributed by atoms with van der Waals surface area (Å²) in [5.74, 6) is -6.43. The first kappa shape index (κ1) is 49.5. The second-order valence-electron chi connectivity index (χ2n) is 16.1. The van der Waals surface area contributed by atoms with Crippen LogP contribution in [0.15, 0.2) is 46.9 Å². The number of nitrogens with one attached hydrogen (secondary N) is 4. The van der Waals surface area contributed by atoms with Crippen LogP contribution in [0.2, 0.25) is 0 Å². The minimum Gasteiger partial charge on any atom is -0.508 e. The molecule has 2 aromatic rings. The SMILES string of the molecule is CC[C@@H](C)[C@@H]1NC(=O)[C@@H]2CCCN2C(=O)[C@@H](NC(=O)[C@@H]2CCCN2C(=O)[C@@H](COC)NS(=O)(=O)O)COC(=O)C(C)=CC(C)=Cc2csc(n2)[C@H](Cc2ccc(O)cc2)NC(=O)C1=O. The number of ketones is 1. The van der Waals surface area contributed by atoms with Crippen molar-refractivity contribution in [2.75, 3.05) is 33.4 Å². The third-order valence-electron chi connectivity index (χ3n) is 11.3. The molecule has 348 valence electrons. The number of aromatic hydroxyl groups is 1. The molecule has 7 atom stereocenters. The molecule has 5 rings (SSSR count). The van der Waals surface area contributed by atoms with Crippen LogP contribution in [-0.4, -0.2) is 138 Å². The number of ether oxygens (including phenoxy) is 2. The lowest BCUT2D eigenvalue weighted by Crippen LogP contribution is -2.60. The number of esters is 1. The van der Waals surface area contributed by atoms with Crippen LogP contribution in [0.25, 0.3) is 6.08 Å². The number of amides is 5. The normalized spacial score (nSPS) is 24.0. The molecule has 2 bridgehead atoms. The van der Waals surface area contributed by atoms with E-state index in [0.717, 1.165) is 10.5 Å². The number of phenolic OH excluding ortho intramolecular Hbond substituents is 1. The molecule has 4 heterocycles. The van der Waals surface area contributed by atoms with Gasteiger partial charge in [0.1, 0.15) is 41.5 Å². The van der Waals surface area contributed by atoms with E-state index in [1.165, 1.54) is 48.5 Å².